The zero-order chi connectivity index (χ0) is 27.6. The Labute approximate surface area is 222 Å². The number of rotatable bonds is 7. The molecule has 0 unspecified atom stereocenters. The minimum absolute atomic E-state index is 0.223. The Morgan fingerprint density at radius 1 is 1.05 bits per heavy atom. The molecule has 0 spiro atoms. The number of nitrogens with one attached hydrogen (secondary N) is 1. The molecular formula is C29H34N6O3. The van der Waals surface area contributed by atoms with Crippen LogP contribution in [-0.2, 0) is 17.8 Å². The van der Waals surface area contributed by atoms with E-state index in [1.807, 2.05) is 81.7 Å². The summed E-state index contributed by atoms with van der Waals surface area (Å²) in [6.07, 6.45) is -0.440. The average Bonchev–Trinajstić information content (AvgIpc) is 3.19. The van der Waals surface area contributed by atoms with Gasteiger partial charge in [-0.3, -0.25) is 9.36 Å². The van der Waals surface area contributed by atoms with Gasteiger partial charge in [-0.05, 0) is 58.4 Å². The Kier molecular flexibility index (Phi) is 7.39. The molecule has 2 aromatic heterocycles. The van der Waals surface area contributed by atoms with Crippen LogP contribution in [0.25, 0.3) is 16.9 Å². The molecule has 2 aromatic carbocycles. The second-order valence-electron chi connectivity index (χ2n) is 10.3. The highest BCUT2D eigenvalue weighted by molar-refractivity contribution is 6.06. The number of hydrogen-bond acceptors (Lipinski definition) is 6. The van der Waals surface area contributed by atoms with E-state index in [1.165, 1.54) is 4.90 Å². The second kappa shape index (κ2) is 10.5. The molecule has 2 amide bonds. The molecule has 0 fully saturated rings. The lowest BCUT2D eigenvalue weighted by Gasteiger charge is -2.25. The third kappa shape index (κ3) is 5.77. The zero-order valence-electron chi connectivity index (χ0n) is 22.7. The van der Waals surface area contributed by atoms with Gasteiger partial charge in [0.2, 0.25) is 11.9 Å². The highest BCUT2D eigenvalue weighted by atomic mass is 16.6. The molecule has 9 heteroatoms. The summed E-state index contributed by atoms with van der Waals surface area (Å²) in [7, 11) is 1.68. The van der Waals surface area contributed by atoms with Gasteiger partial charge in [-0.15, -0.1) is 0 Å². The number of hydrogen-bond donors (Lipinski definition) is 2. The van der Waals surface area contributed by atoms with Crippen molar-refractivity contribution in [2.45, 2.75) is 53.3 Å². The summed E-state index contributed by atoms with van der Waals surface area (Å²) in [6, 6.07) is 17.3. The Morgan fingerprint density at radius 3 is 2.42 bits per heavy atom. The fraction of sp³-hybridized carbons (Fsp3) is 0.310. The monoisotopic (exact) mass is 514 g/mol. The number of amides is 2. The van der Waals surface area contributed by atoms with Gasteiger partial charge in [0.15, 0.2) is 0 Å². The topological polar surface area (TPSA) is 115 Å². The molecule has 0 atom stereocenters. The van der Waals surface area contributed by atoms with E-state index in [1.54, 1.807) is 19.2 Å². The number of carbonyl (C=O) groups is 2. The van der Waals surface area contributed by atoms with Crippen LogP contribution in [0.15, 0.2) is 54.6 Å². The normalized spacial score (nSPS) is 11.4. The number of aromatic nitrogens is 3. The van der Waals surface area contributed by atoms with Crippen LogP contribution in [0, 0.1) is 13.8 Å². The van der Waals surface area contributed by atoms with Crippen LogP contribution < -0.4 is 11.1 Å². The summed E-state index contributed by atoms with van der Waals surface area (Å²) in [5, 5.41) is 4.17. The molecule has 4 rings (SSSR count). The lowest BCUT2D eigenvalue weighted by atomic mass is 10.1. The molecule has 9 nitrogen and oxygen atoms in total. The van der Waals surface area contributed by atoms with Crippen LogP contribution in [0.4, 0.5) is 10.6 Å². The third-order valence-electron chi connectivity index (χ3n) is 6.13. The maximum Gasteiger partial charge on any atom is 0.410 e. The lowest BCUT2D eigenvalue weighted by molar-refractivity contribution is 0.0282. The number of fused-ring (bicyclic) bond motifs is 1. The summed E-state index contributed by atoms with van der Waals surface area (Å²) in [4.78, 5) is 36.0. The second-order valence-corrected chi connectivity index (χ2v) is 10.3. The highest BCUT2D eigenvalue weighted by Crippen LogP contribution is 2.28. The summed E-state index contributed by atoms with van der Waals surface area (Å²) >= 11 is 0. The molecular weight excluding hydrogens is 480 g/mol. The van der Waals surface area contributed by atoms with Gasteiger partial charge in [0.05, 0.1) is 17.8 Å². The molecule has 38 heavy (non-hydrogen) atoms. The van der Waals surface area contributed by atoms with Crippen LogP contribution >= 0.6 is 0 Å². The van der Waals surface area contributed by atoms with Gasteiger partial charge >= 0.3 is 6.09 Å². The first kappa shape index (κ1) is 26.7. The van der Waals surface area contributed by atoms with Crippen molar-refractivity contribution in [3.05, 3.63) is 82.7 Å². The van der Waals surface area contributed by atoms with E-state index in [2.05, 4.69) is 5.32 Å². The summed E-state index contributed by atoms with van der Waals surface area (Å²) < 4.78 is 7.44. The van der Waals surface area contributed by atoms with Gasteiger partial charge in [0, 0.05) is 35.8 Å². The van der Waals surface area contributed by atoms with Gasteiger partial charge in [0.1, 0.15) is 11.4 Å². The Morgan fingerprint density at radius 2 is 1.76 bits per heavy atom. The van der Waals surface area contributed by atoms with Crippen LogP contribution in [0.1, 0.15) is 53.6 Å². The molecule has 0 radical (unpaired) electrons. The quantitative estimate of drug-likeness (QED) is 0.354. The minimum Gasteiger partial charge on any atom is -0.444 e. The van der Waals surface area contributed by atoms with E-state index in [9.17, 15) is 9.59 Å². The fourth-order valence-electron chi connectivity index (χ4n) is 4.23. The first-order valence-corrected chi connectivity index (χ1v) is 12.5. The van der Waals surface area contributed by atoms with Crippen LogP contribution in [0.3, 0.4) is 0 Å². The molecule has 4 aromatic rings. The lowest BCUT2D eigenvalue weighted by Crippen LogP contribution is -2.34. The smallest absolute Gasteiger partial charge is 0.410 e. The van der Waals surface area contributed by atoms with Gasteiger partial charge in [-0.25, -0.2) is 9.78 Å². The molecule has 0 aliphatic heterocycles. The molecule has 2 heterocycles. The number of nitrogens with two attached hydrogens (primary N) is 1. The maximum atomic E-state index is 12.7. The van der Waals surface area contributed by atoms with E-state index in [0.29, 0.717) is 29.6 Å². The first-order valence-electron chi connectivity index (χ1n) is 12.5. The Balaban J connectivity index is 1.80. The van der Waals surface area contributed by atoms with Gasteiger partial charge in [-0.1, -0.05) is 36.4 Å². The van der Waals surface area contributed by atoms with Crippen LogP contribution in [0.2, 0.25) is 0 Å². The van der Waals surface area contributed by atoms with Crippen LogP contribution in [0.5, 0.6) is 0 Å². The molecule has 198 valence electrons. The van der Waals surface area contributed by atoms with E-state index in [4.69, 9.17) is 20.4 Å². The van der Waals surface area contributed by atoms with E-state index in [0.717, 1.165) is 27.7 Å². The molecule has 3 N–H and O–H groups in total. The first-order chi connectivity index (χ1) is 17.9. The van der Waals surface area contributed by atoms with Crippen molar-refractivity contribution < 1.29 is 14.3 Å². The number of aryl methyl sites for hydroxylation is 1. The van der Waals surface area contributed by atoms with Crippen molar-refractivity contribution in [1.82, 2.24) is 19.4 Å². The largest absolute Gasteiger partial charge is 0.444 e. The molecule has 0 saturated heterocycles. The maximum absolute atomic E-state index is 12.7. The minimum atomic E-state index is -0.612. The fourth-order valence-corrected chi connectivity index (χ4v) is 4.23. The average molecular weight is 515 g/mol. The van der Waals surface area contributed by atoms with Crippen molar-refractivity contribution in [3.63, 3.8) is 0 Å². The third-order valence-corrected chi connectivity index (χ3v) is 6.13. The molecule has 0 saturated carbocycles. The zero-order valence-corrected chi connectivity index (χ0v) is 22.7. The predicted octanol–water partition coefficient (Wildman–Crippen LogP) is 5.12. The summed E-state index contributed by atoms with van der Waals surface area (Å²) in [5.74, 6) is 0.578. The van der Waals surface area contributed by atoms with Crippen molar-refractivity contribution >= 4 is 28.7 Å². The van der Waals surface area contributed by atoms with Crippen molar-refractivity contribution in [1.29, 1.82) is 0 Å². The number of primary amides is 1. The van der Waals surface area contributed by atoms with Crippen molar-refractivity contribution in [3.8, 4) is 5.95 Å². The number of anilines is 1. The SMILES string of the molecule is Cc1c(CN(C)C(=O)OC(C)(C)C)nc(-n2c(C)cc3c(C(N)=O)cccc32)nc1NCc1ccccc1. The molecule has 0 bridgehead atoms. The highest BCUT2D eigenvalue weighted by Gasteiger charge is 2.23. The van der Waals surface area contributed by atoms with Gasteiger partial charge in [0.25, 0.3) is 0 Å². The number of benzene rings is 2. The van der Waals surface area contributed by atoms with Crippen LogP contribution in [-0.4, -0.2) is 44.1 Å². The number of ether oxygens (including phenoxy) is 1. The van der Waals surface area contributed by atoms with Crippen molar-refractivity contribution in [2.75, 3.05) is 12.4 Å². The Bertz CT molecular complexity index is 1490. The number of carbonyl (C=O) groups excluding carboxylic acids is 2. The van der Waals surface area contributed by atoms with E-state index in [-0.39, 0.29) is 6.54 Å². The van der Waals surface area contributed by atoms with Gasteiger partial charge < -0.3 is 20.7 Å². The summed E-state index contributed by atoms with van der Waals surface area (Å²) in [5.41, 5.74) is 9.67. The molecule has 0 aliphatic rings. The predicted molar refractivity (Wildman–Crippen MR) is 148 cm³/mol. The molecule has 0 aliphatic carbocycles. The standard InChI is InChI=1S/C29H34N6O3/c1-18-15-22-21(25(30)36)13-10-14-24(22)35(18)27-32-23(17-34(6)28(37)38-29(3,4)5)19(2)26(33-27)31-16-20-11-8-7-9-12-20/h7-15H,16-17H2,1-6H3,(H2,30,36)(H,31,32,33). The van der Waals surface area contributed by atoms with Crippen molar-refractivity contribution in [2.24, 2.45) is 5.73 Å². The van der Waals surface area contributed by atoms with E-state index < -0.39 is 17.6 Å². The summed E-state index contributed by atoms with van der Waals surface area (Å²) in [6.45, 7) is 10.1. The van der Waals surface area contributed by atoms with E-state index >= 15 is 0 Å². The van der Waals surface area contributed by atoms with Gasteiger partial charge in [-0.2, -0.15) is 4.98 Å². The Hall–Kier alpha value is -4.40. The number of nitrogens with zero attached hydrogens (tertiary/aromatic N) is 4.